The molecule has 2 aromatic rings. The first kappa shape index (κ1) is 19.7. The molecule has 1 amide bonds. The number of aliphatic hydroxyl groups excluding tert-OH is 1. The monoisotopic (exact) mass is 354 g/mol. The van der Waals surface area contributed by atoms with E-state index in [1.165, 1.54) is 0 Å². The number of methoxy groups -OCH3 is 1. The average molecular weight is 354 g/mol. The maximum absolute atomic E-state index is 12.2. The van der Waals surface area contributed by atoms with Gasteiger partial charge in [-0.2, -0.15) is 0 Å². The largest absolute Gasteiger partial charge is 0.399 e. The van der Waals surface area contributed by atoms with Gasteiger partial charge in [-0.1, -0.05) is 31.2 Å². The fourth-order valence-corrected chi connectivity index (χ4v) is 2.73. The van der Waals surface area contributed by atoms with E-state index in [-0.39, 0.29) is 24.5 Å². The second-order valence-corrected chi connectivity index (χ2v) is 6.15. The van der Waals surface area contributed by atoms with E-state index in [0.717, 1.165) is 5.56 Å². The quantitative estimate of drug-likeness (QED) is 0.497. The van der Waals surface area contributed by atoms with Gasteiger partial charge in [-0.25, -0.2) is 0 Å². The first-order valence-corrected chi connectivity index (χ1v) is 8.62. The second-order valence-electron chi connectivity index (χ2n) is 6.15. The molecule has 0 bridgehead atoms. The summed E-state index contributed by atoms with van der Waals surface area (Å²) in [5.74, 6) is -0.0110. The zero-order valence-electron chi connectivity index (χ0n) is 15.2. The lowest BCUT2D eigenvalue weighted by atomic mass is 9.96. The number of carbonyl (C=O) groups is 1. The van der Waals surface area contributed by atoms with Crippen LogP contribution in [0, 0.1) is 5.92 Å². The summed E-state index contributed by atoms with van der Waals surface area (Å²) in [6, 6.07) is 14.4. The molecular weight excluding hydrogens is 328 g/mol. The summed E-state index contributed by atoms with van der Waals surface area (Å²) in [6.07, 6.45) is 4.54. The summed E-state index contributed by atoms with van der Waals surface area (Å²) in [7, 11) is 1.68. The Hall–Kier alpha value is -2.63. The van der Waals surface area contributed by atoms with E-state index >= 15 is 0 Å². The first-order valence-electron chi connectivity index (χ1n) is 8.62. The first-order chi connectivity index (χ1) is 12.5. The normalized spacial score (nSPS) is 13.5. The van der Waals surface area contributed by atoms with E-state index in [4.69, 9.17) is 15.6 Å². The van der Waals surface area contributed by atoms with Crippen LogP contribution in [0.25, 0.3) is 0 Å². The highest BCUT2D eigenvalue weighted by Gasteiger charge is 2.16. The number of nitrogens with one attached hydrogen (secondary N) is 1. The molecule has 0 aliphatic carbocycles. The summed E-state index contributed by atoms with van der Waals surface area (Å²) in [4.78, 5) is 12.2. The number of benzene rings is 2. The van der Waals surface area contributed by atoms with Gasteiger partial charge in [0.1, 0.15) is 0 Å². The van der Waals surface area contributed by atoms with Gasteiger partial charge < -0.3 is 20.9 Å². The van der Waals surface area contributed by atoms with E-state index in [0.29, 0.717) is 23.4 Å². The van der Waals surface area contributed by atoms with E-state index < -0.39 is 0 Å². The molecule has 5 nitrogen and oxygen atoms in total. The van der Waals surface area contributed by atoms with Gasteiger partial charge in [0.05, 0.1) is 6.10 Å². The summed E-state index contributed by atoms with van der Waals surface area (Å²) in [6.45, 7) is 2.21. The third-order valence-electron chi connectivity index (χ3n) is 4.14. The molecule has 0 aliphatic heterocycles. The van der Waals surface area contributed by atoms with Crippen molar-refractivity contribution in [2.24, 2.45) is 5.92 Å². The van der Waals surface area contributed by atoms with Crippen LogP contribution in [0.2, 0.25) is 0 Å². The lowest BCUT2D eigenvalue weighted by Gasteiger charge is -2.21. The smallest absolute Gasteiger partial charge is 0.255 e. The summed E-state index contributed by atoms with van der Waals surface area (Å²) in [5.41, 5.74) is 8.56. The number of carbonyl (C=O) groups excluding carboxylic acids is 1. The van der Waals surface area contributed by atoms with Crippen molar-refractivity contribution < 1.29 is 14.6 Å². The molecule has 0 spiro atoms. The Balaban J connectivity index is 2.04. The predicted molar refractivity (Wildman–Crippen MR) is 105 cm³/mol. The molecule has 26 heavy (non-hydrogen) atoms. The van der Waals surface area contributed by atoms with Gasteiger partial charge in [-0.3, -0.25) is 4.79 Å². The highest BCUT2D eigenvalue weighted by atomic mass is 16.5. The number of amides is 1. The van der Waals surface area contributed by atoms with Gasteiger partial charge in [0.25, 0.3) is 5.91 Å². The fraction of sp³-hybridized carbons (Fsp3) is 0.286. The SMILES string of the molecule is CO[C@@H](c1ccc(NC(=O)c2ccc(N)cc2)cc1)[C@@H](C)/C=C/CCO. The molecule has 0 saturated heterocycles. The maximum Gasteiger partial charge on any atom is 0.255 e. The van der Waals surface area contributed by atoms with Crippen LogP contribution in [-0.2, 0) is 4.74 Å². The molecule has 0 heterocycles. The molecular formula is C21H26N2O3. The Morgan fingerprint density at radius 2 is 1.85 bits per heavy atom. The molecule has 2 atom stereocenters. The van der Waals surface area contributed by atoms with Gasteiger partial charge in [-0.05, 0) is 48.4 Å². The van der Waals surface area contributed by atoms with Crippen molar-refractivity contribution in [3.8, 4) is 0 Å². The zero-order valence-corrected chi connectivity index (χ0v) is 15.2. The van der Waals surface area contributed by atoms with E-state index in [1.807, 2.05) is 36.4 Å². The van der Waals surface area contributed by atoms with Crippen molar-refractivity contribution in [2.75, 3.05) is 24.8 Å². The number of nitrogens with two attached hydrogens (primary N) is 1. The van der Waals surface area contributed by atoms with Crippen LogP contribution in [0.15, 0.2) is 60.7 Å². The number of nitrogen functional groups attached to an aromatic ring is 1. The number of aliphatic hydroxyl groups is 1. The Morgan fingerprint density at radius 3 is 2.42 bits per heavy atom. The van der Waals surface area contributed by atoms with Gasteiger partial charge in [0.15, 0.2) is 0 Å². The lowest BCUT2D eigenvalue weighted by molar-refractivity contribution is 0.0740. The third-order valence-corrected chi connectivity index (χ3v) is 4.14. The molecule has 5 heteroatoms. The van der Waals surface area contributed by atoms with Gasteiger partial charge in [0, 0.05) is 36.6 Å². The van der Waals surface area contributed by atoms with Crippen molar-refractivity contribution in [2.45, 2.75) is 19.4 Å². The lowest BCUT2D eigenvalue weighted by Crippen LogP contribution is -2.13. The minimum absolute atomic E-state index is 0.0909. The van der Waals surface area contributed by atoms with Crippen LogP contribution >= 0.6 is 0 Å². The standard InChI is InChI=1S/C21H26N2O3/c1-15(5-3-4-14-24)20(26-2)16-8-12-19(13-9-16)23-21(25)17-6-10-18(22)11-7-17/h3,5-13,15,20,24H,4,14,22H2,1-2H3,(H,23,25)/b5-3+/t15-,20+/m0/s1. The topological polar surface area (TPSA) is 84.6 Å². The van der Waals surface area contributed by atoms with Gasteiger partial charge >= 0.3 is 0 Å². The zero-order chi connectivity index (χ0) is 18.9. The molecule has 0 fully saturated rings. The molecule has 0 aliphatic rings. The Labute approximate surface area is 154 Å². The van der Waals surface area contributed by atoms with Crippen LogP contribution in [0.1, 0.15) is 35.4 Å². The van der Waals surface area contributed by atoms with Gasteiger partial charge in [0.2, 0.25) is 0 Å². The highest BCUT2D eigenvalue weighted by molar-refractivity contribution is 6.04. The second kappa shape index (κ2) is 9.75. The number of ether oxygens (including phenoxy) is 1. The molecule has 0 radical (unpaired) electrons. The molecule has 4 N–H and O–H groups in total. The minimum Gasteiger partial charge on any atom is -0.399 e. The molecule has 2 aromatic carbocycles. The molecule has 0 aromatic heterocycles. The molecule has 2 rings (SSSR count). The highest BCUT2D eigenvalue weighted by Crippen LogP contribution is 2.27. The molecule has 0 saturated carbocycles. The Morgan fingerprint density at radius 1 is 1.19 bits per heavy atom. The van der Waals surface area contributed by atoms with Crippen molar-refractivity contribution in [3.63, 3.8) is 0 Å². The summed E-state index contributed by atoms with van der Waals surface area (Å²) < 4.78 is 5.62. The summed E-state index contributed by atoms with van der Waals surface area (Å²) >= 11 is 0. The van der Waals surface area contributed by atoms with Crippen molar-refractivity contribution in [1.82, 2.24) is 0 Å². The summed E-state index contributed by atoms with van der Waals surface area (Å²) in [5, 5.41) is 11.7. The van der Waals surface area contributed by atoms with Crippen LogP contribution < -0.4 is 11.1 Å². The van der Waals surface area contributed by atoms with Crippen molar-refractivity contribution in [3.05, 3.63) is 71.8 Å². The Kier molecular flexibility index (Phi) is 7.38. The average Bonchev–Trinajstić information content (AvgIpc) is 2.64. The number of hydrogen-bond donors (Lipinski definition) is 3. The maximum atomic E-state index is 12.2. The van der Waals surface area contributed by atoms with Crippen LogP contribution in [0.5, 0.6) is 0 Å². The van der Waals surface area contributed by atoms with E-state index in [2.05, 4.69) is 12.2 Å². The Bertz CT molecular complexity index is 724. The predicted octanol–water partition coefficient (Wildman–Crippen LogP) is 3.78. The molecule has 138 valence electrons. The molecule has 0 unspecified atom stereocenters. The van der Waals surface area contributed by atoms with Gasteiger partial charge in [-0.15, -0.1) is 0 Å². The fourth-order valence-electron chi connectivity index (χ4n) is 2.73. The number of hydrogen-bond acceptors (Lipinski definition) is 4. The van der Waals surface area contributed by atoms with Crippen LogP contribution in [0.4, 0.5) is 11.4 Å². The van der Waals surface area contributed by atoms with E-state index in [9.17, 15) is 4.79 Å². The van der Waals surface area contributed by atoms with E-state index in [1.54, 1.807) is 31.4 Å². The van der Waals surface area contributed by atoms with Crippen molar-refractivity contribution in [1.29, 1.82) is 0 Å². The number of rotatable bonds is 8. The number of anilines is 2. The third kappa shape index (κ3) is 5.44. The minimum atomic E-state index is -0.179. The van der Waals surface area contributed by atoms with Crippen LogP contribution in [-0.4, -0.2) is 24.7 Å². The van der Waals surface area contributed by atoms with Crippen molar-refractivity contribution >= 4 is 17.3 Å². The van der Waals surface area contributed by atoms with Crippen LogP contribution in [0.3, 0.4) is 0 Å².